The van der Waals surface area contributed by atoms with Gasteiger partial charge in [-0.3, -0.25) is 4.79 Å². The number of carbonyl (C=O) groups is 2. The van der Waals surface area contributed by atoms with Crippen LogP contribution >= 0.6 is 0 Å². The van der Waals surface area contributed by atoms with E-state index >= 15 is 0 Å². The van der Waals surface area contributed by atoms with Crippen molar-refractivity contribution in [1.82, 2.24) is 5.06 Å². The molecule has 14 heavy (non-hydrogen) atoms. The number of hydrogen-bond acceptors (Lipinski definition) is 3. The minimum Gasteiger partial charge on any atom is -0.333 e. The van der Waals surface area contributed by atoms with E-state index in [1.54, 1.807) is 6.92 Å². The fourth-order valence-corrected chi connectivity index (χ4v) is 1.36. The van der Waals surface area contributed by atoms with Gasteiger partial charge >= 0.3 is 5.97 Å². The van der Waals surface area contributed by atoms with Gasteiger partial charge in [0.1, 0.15) is 0 Å². The van der Waals surface area contributed by atoms with Gasteiger partial charge in [-0.15, -0.1) is 0 Å². The summed E-state index contributed by atoms with van der Waals surface area (Å²) in [6.07, 6.45) is 1.55. The van der Waals surface area contributed by atoms with E-state index in [2.05, 4.69) is 6.58 Å². The summed E-state index contributed by atoms with van der Waals surface area (Å²) < 4.78 is 0. The van der Waals surface area contributed by atoms with E-state index in [1.807, 2.05) is 6.92 Å². The molecule has 0 aliphatic carbocycles. The quantitative estimate of drug-likeness (QED) is 0.640. The minimum atomic E-state index is -0.532. The van der Waals surface area contributed by atoms with Crippen molar-refractivity contribution < 1.29 is 14.4 Å². The molecule has 4 nitrogen and oxygen atoms in total. The Hall–Kier alpha value is -1.32. The molecule has 1 unspecified atom stereocenters. The lowest BCUT2D eigenvalue weighted by atomic mass is 10.1. The lowest BCUT2D eigenvalue weighted by Crippen LogP contribution is -2.30. The molecule has 4 heteroatoms. The largest absolute Gasteiger partial charge is 0.358 e. The van der Waals surface area contributed by atoms with Crippen LogP contribution in [0.1, 0.15) is 26.7 Å². The van der Waals surface area contributed by atoms with E-state index in [1.165, 1.54) is 0 Å². The van der Waals surface area contributed by atoms with Crippen LogP contribution in [0.4, 0.5) is 0 Å². The van der Waals surface area contributed by atoms with Crippen molar-refractivity contribution in [1.29, 1.82) is 0 Å². The Labute approximate surface area is 83.5 Å². The molecule has 1 amide bonds. The number of rotatable bonds is 3. The summed E-state index contributed by atoms with van der Waals surface area (Å²) in [5.74, 6) is -0.620. The molecule has 0 aromatic carbocycles. The first-order valence-electron chi connectivity index (χ1n) is 4.75. The summed E-state index contributed by atoms with van der Waals surface area (Å²) in [5, 5.41) is 1.14. The van der Waals surface area contributed by atoms with Gasteiger partial charge in [-0.25, -0.2) is 4.79 Å². The molecule has 0 aromatic heterocycles. The summed E-state index contributed by atoms with van der Waals surface area (Å²) >= 11 is 0. The number of hydrogen-bond donors (Lipinski definition) is 0. The van der Waals surface area contributed by atoms with Gasteiger partial charge in [0.25, 0.3) is 5.91 Å². The lowest BCUT2D eigenvalue weighted by Gasteiger charge is -2.14. The van der Waals surface area contributed by atoms with Gasteiger partial charge in [0, 0.05) is 11.5 Å². The lowest BCUT2D eigenvalue weighted by molar-refractivity contribution is -0.190. The normalized spacial score (nSPS) is 21.1. The van der Waals surface area contributed by atoms with Crippen molar-refractivity contribution in [3.63, 3.8) is 0 Å². The third-order valence-corrected chi connectivity index (χ3v) is 2.31. The number of carbonyl (C=O) groups excluding carboxylic acids is 2. The number of nitrogens with zero attached hydrogens (tertiary/aromatic N) is 1. The van der Waals surface area contributed by atoms with E-state index in [4.69, 9.17) is 4.84 Å². The van der Waals surface area contributed by atoms with Gasteiger partial charge in [-0.1, -0.05) is 13.5 Å². The second-order valence-corrected chi connectivity index (χ2v) is 3.49. The van der Waals surface area contributed by atoms with Gasteiger partial charge in [-0.05, 0) is 19.8 Å². The van der Waals surface area contributed by atoms with Crippen LogP contribution < -0.4 is 0 Å². The fourth-order valence-electron chi connectivity index (χ4n) is 1.36. The highest BCUT2D eigenvalue weighted by Crippen LogP contribution is 2.21. The standard InChI is InChI=1S/C10H15NO3/c1-4-8-5-6-11(9(8)12)14-10(13)7(2)3/h8H,2,4-6H2,1,3H3. The Morgan fingerprint density at radius 1 is 1.71 bits per heavy atom. The average Bonchev–Trinajstić information content (AvgIpc) is 2.47. The van der Waals surface area contributed by atoms with Gasteiger partial charge < -0.3 is 4.84 Å². The van der Waals surface area contributed by atoms with Crippen molar-refractivity contribution in [3.8, 4) is 0 Å². The Kier molecular flexibility index (Phi) is 3.28. The zero-order valence-electron chi connectivity index (χ0n) is 8.58. The highest BCUT2D eigenvalue weighted by atomic mass is 16.7. The molecule has 0 spiro atoms. The van der Waals surface area contributed by atoms with Crippen LogP contribution in [0.15, 0.2) is 12.2 Å². The van der Waals surface area contributed by atoms with Crippen molar-refractivity contribution in [3.05, 3.63) is 12.2 Å². The molecule has 0 aromatic rings. The molecular formula is C10H15NO3. The predicted octanol–water partition coefficient (Wildman–Crippen LogP) is 1.28. The van der Waals surface area contributed by atoms with E-state index in [-0.39, 0.29) is 11.8 Å². The van der Waals surface area contributed by atoms with Crippen LogP contribution in [0, 0.1) is 5.92 Å². The maximum Gasteiger partial charge on any atom is 0.358 e. The van der Waals surface area contributed by atoms with Crippen LogP contribution in [0.3, 0.4) is 0 Å². The third-order valence-electron chi connectivity index (χ3n) is 2.31. The summed E-state index contributed by atoms with van der Waals surface area (Å²) in [6, 6.07) is 0. The van der Waals surface area contributed by atoms with Gasteiger partial charge in [0.15, 0.2) is 0 Å². The average molecular weight is 197 g/mol. The molecule has 1 heterocycles. The molecule has 1 fully saturated rings. The molecule has 0 bridgehead atoms. The predicted molar refractivity (Wildman–Crippen MR) is 51.0 cm³/mol. The fraction of sp³-hybridized carbons (Fsp3) is 0.600. The molecule has 78 valence electrons. The zero-order chi connectivity index (χ0) is 10.7. The third kappa shape index (κ3) is 2.13. The summed E-state index contributed by atoms with van der Waals surface area (Å²) in [5.41, 5.74) is 0.303. The maximum absolute atomic E-state index is 11.5. The SMILES string of the molecule is C=C(C)C(=O)ON1CCC(CC)C1=O. The smallest absolute Gasteiger partial charge is 0.333 e. The molecule has 0 saturated carbocycles. The van der Waals surface area contributed by atoms with Crippen molar-refractivity contribution in [2.75, 3.05) is 6.54 Å². The first-order valence-corrected chi connectivity index (χ1v) is 4.75. The molecular weight excluding hydrogens is 182 g/mol. The van der Waals surface area contributed by atoms with Crippen LogP contribution in [-0.2, 0) is 14.4 Å². The van der Waals surface area contributed by atoms with Gasteiger partial charge in [-0.2, -0.15) is 5.06 Å². The summed E-state index contributed by atoms with van der Waals surface area (Å²) in [4.78, 5) is 27.5. The first-order chi connectivity index (χ1) is 6.56. The first kappa shape index (κ1) is 10.8. The molecule has 1 rings (SSSR count). The molecule has 1 atom stereocenters. The second-order valence-electron chi connectivity index (χ2n) is 3.49. The Balaban J connectivity index is 2.52. The highest BCUT2D eigenvalue weighted by molar-refractivity contribution is 5.89. The van der Waals surface area contributed by atoms with Crippen molar-refractivity contribution in [2.24, 2.45) is 5.92 Å². The number of amides is 1. The van der Waals surface area contributed by atoms with E-state index in [9.17, 15) is 9.59 Å². The van der Waals surface area contributed by atoms with Crippen LogP contribution in [-0.4, -0.2) is 23.5 Å². The van der Waals surface area contributed by atoms with E-state index in [0.29, 0.717) is 12.1 Å². The molecule has 1 saturated heterocycles. The van der Waals surface area contributed by atoms with Crippen molar-refractivity contribution >= 4 is 11.9 Å². The summed E-state index contributed by atoms with van der Waals surface area (Å²) in [7, 11) is 0. The van der Waals surface area contributed by atoms with Gasteiger partial charge in [0.2, 0.25) is 0 Å². The highest BCUT2D eigenvalue weighted by Gasteiger charge is 2.32. The maximum atomic E-state index is 11.5. The zero-order valence-corrected chi connectivity index (χ0v) is 8.58. The van der Waals surface area contributed by atoms with Crippen LogP contribution in [0.2, 0.25) is 0 Å². The van der Waals surface area contributed by atoms with Crippen molar-refractivity contribution in [2.45, 2.75) is 26.7 Å². The monoisotopic (exact) mass is 197 g/mol. The van der Waals surface area contributed by atoms with Gasteiger partial charge in [0.05, 0.1) is 6.54 Å². The number of hydroxylamine groups is 2. The minimum absolute atomic E-state index is 0.00733. The second kappa shape index (κ2) is 4.26. The topological polar surface area (TPSA) is 46.6 Å². The van der Waals surface area contributed by atoms with Crippen LogP contribution in [0.25, 0.3) is 0 Å². The Morgan fingerprint density at radius 3 is 2.79 bits per heavy atom. The summed E-state index contributed by atoms with van der Waals surface area (Å²) in [6.45, 7) is 7.45. The molecule has 0 radical (unpaired) electrons. The molecule has 0 N–H and O–H groups in total. The molecule has 1 aliphatic rings. The Bertz CT molecular complexity index is 273. The van der Waals surface area contributed by atoms with E-state index < -0.39 is 5.97 Å². The molecule has 1 aliphatic heterocycles. The Morgan fingerprint density at radius 2 is 2.36 bits per heavy atom. The van der Waals surface area contributed by atoms with Crippen LogP contribution in [0.5, 0.6) is 0 Å². The van der Waals surface area contributed by atoms with E-state index in [0.717, 1.165) is 17.9 Å².